The van der Waals surface area contributed by atoms with Gasteiger partial charge in [0.15, 0.2) is 0 Å². The first-order valence-corrected chi connectivity index (χ1v) is 5.60. The number of likely N-dealkylation sites (N-methyl/N-ethyl adjacent to an activating group) is 1. The number of carbonyl (C=O) groups is 1. The van der Waals surface area contributed by atoms with Crippen LogP contribution in [-0.2, 0) is 11.4 Å². The van der Waals surface area contributed by atoms with Crippen LogP contribution in [0.1, 0.15) is 5.56 Å². The SMILES string of the molecule is CN1CCN(c2c(F)cc(CO)cc2F)CC1=O. The number of anilines is 1. The third-order valence-electron chi connectivity index (χ3n) is 3.03. The van der Waals surface area contributed by atoms with E-state index in [-0.39, 0.29) is 23.7 Å². The molecule has 0 aromatic heterocycles. The van der Waals surface area contributed by atoms with Gasteiger partial charge in [-0.25, -0.2) is 8.78 Å². The molecule has 0 bridgehead atoms. The molecule has 0 atom stereocenters. The number of nitrogens with zero attached hydrogens (tertiary/aromatic N) is 2. The summed E-state index contributed by atoms with van der Waals surface area (Å²) in [5.41, 5.74) is -0.0251. The van der Waals surface area contributed by atoms with Crippen molar-refractivity contribution in [2.75, 3.05) is 31.6 Å². The lowest BCUT2D eigenvalue weighted by molar-refractivity contribution is -0.129. The van der Waals surface area contributed by atoms with Crippen LogP contribution in [0.25, 0.3) is 0 Å². The fraction of sp³-hybridized carbons (Fsp3) is 0.417. The molecule has 1 amide bonds. The Labute approximate surface area is 103 Å². The summed E-state index contributed by atoms with van der Waals surface area (Å²) in [6.07, 6.45) is 0. The van der Waals surface area contributed by atoms with Gasteiger partial charge in [0.05, 0.1) is 13.2 Å². The fourth-order valence-electron chi connectivity index (χ4n) is 1.96. The third-order valence-corrected chi connectivity index (χ3v) is 3.03. The van der Waals surface area contributed by atoms with Crippen molar-refractivity contribution >= 4 is 11.6 Å². The number of carbonyl (C=O) groups excluding carboxylic acids is 1. The molecule has 1 heterocycles. The molecule has 1 aromatic carbocycles. The van der Waals surface area contributed by atoms with Gasteiger partial charge in [0.1, 0.15) is 17.3 Å². The van der Waals surface area contributed by atoms with Crippen LogP contribution in [0.5, 0.6) is 0 Å². The molecule has 0 aliphatic carbocycles. The summed E-state index contributed by atoms with van der Waals surface area (Å²) in [5, 5.41) is 8.86. The molecule has 1 N–H and O–H groups in total. The number of hydrogen-bond donors (Lipinski definition) is 1. The predicted molar refractivity (Wildman–Crippen MR) is 62.1 cm³/mol. The predicted octanol–water partition coefficient (Wildman–Crippen LogP) is 0.736. The number of halogens is 2. The van der Waals surface area contributed by atoms with Crippen LogP contribution >= 0.6 is 0 Å². The Bertz CT molecular complexity index is 456. The standard InChI is InChI=1S/C12H14F2N2O2/c1-15-2-3-16(6-11(15)18)12-9(13)4-8(7-17)5-10(12)14/h4-5,17H,2-3,6-7H2,1H3. The topological polar surface area (TPSA) is 43.8 Å². The van der Waals surface area contributed by atoms with Crippen LogP contribution < -0.4 is 4.90 Å². The first kappa shape index (κ1) is 12.8. The highest BCUT2D eigenvalue weighted by molar-refractivity contribution is 5.82. The summed E-state index contributed by atoms with van der Waals surface area (Å²) >= 11 is 0. The smallest absolute Gasteiger partial charge is 0.241 e. The van der Waals surface area contributed by atoms with Crippen molar-refractivity contribution < 1.29 is 18.7 Å². The first-order chi connectivity index (χ1) is 8.52. The van der Waals surface area contributed by atoms with Gasteiger partial charge in [-0.1, -0.05) is 0 Å². The second-order valence-electron chi connectivity index (χ2n) is 4.30. The molecule has 98 valence electrons. The molecule has 0 spiro atoms. The van der Waals surface area contributed by atoms with Crippen LogP contribution in [-0.4, -0.2) is 42.6 Å². The summed E-state index contributed by atoms with van der Waals surface area (Å²) < 4.78 is 27.6. The lowest BCUT2D eigenvalue weighted by Gasteiger charge is -2.33. The van der Waals surface area contributed by atoms with Crippen LogP contribution in [0.3, 0.4) is 0 Å². The van der Waals surface area contributed by atoms with E-state index in [4.69, 9.17) is 5.11 Å². The van der Waals surface area contributed by atoms with E-state index < -0.39 is 18.2 Å². The molecule has 0 radical (unpaired) electrons. The van der Waals surface area contributed by atoms with E-state index in [0.29, 0.717) is 13.1 Å². The van der Waals surface area contributed by atoms with Crippen molar-refractivity contribution in [3.63, 3.8) is 0 Å². The van der Waals surface area contributed by atoms with E-state index in [9.17, 15) is 13.6 Å². The molecule has 4 nitrogen and oxygen atoms in total. The summed E-state index contributed by atoms with van der Waals surface area (Å²) in [6, 6.07) is 2.17. The molecule has 1 aromatic rings. The molecule has 2 rings (SSSR count). The van der Waals surface area contributed by atoms with Crippen LogP contribution in [0.4, 0.5) is 14.5 Å². The highest BCUT2D eigenvalue weighted by Crippen LogP contribution is 2.26. The Morgan fingerprint density at radius 3 is 2.39 bits per heavy atom. The number of aliphatic hydroxyl groups is 1. The Kier molecular flexibility index (Phi) is 3.47. The van der Waals surface area contributed by atoms with Gasteiger partial charge >= 0.3 is 0 Å². The van der Waals surface area contributed by atoms with Gasteiger partial charge in [-0.05, 0) is 17.7 Å². The zero-order valence-corrected chi connectivity index (χ0v) is 9.99. The zero-order chi connectivity index (χ0) is 13.3. The van der Waals surface area contributed by atoms with Crippen LogP contribution in [0, 0.1) is 11.6 Å². The average Bonchev–Trinajstić information content (AvgIpc) is 2.32. The number of aliphatic hydroxyl groups excluding tert-OH is 1. The molecule has 18 heavy (non-hydrogen) atoms. The third kappa shape index (κ3) is 2.28. The first-order valence-electron chi connectivity index (χ1n) is 5.60. The Morgan fingerprint density at radius 2 is 1.89 bits per heavy atom. The number of benzene rings is 1. The summed E-state index contributed by atoms with van der Waals surface area (Å²) in [7, 11) is 1.65. The van der Waals surface area contributed by atoms with Gasteiger partial charge < -0.3 is 14.9 Å². The summed E-state index contributed by atoms with van der Waals surface area (Å²) in [5.74, 6) is -1.68. The minimum absolute atomic E-state index is 0.0389. The van der Waals surface area contributed by atoms with E-state index in [1.54, 1.807) is 7.05 Å². The van der Waals surface area contributed by atoms with Crippen molar-refractivity contribution in [3.8, 4) is 0 Å². The molecular formula is C12H14F2N2O2. The van der Waals surface area contributed by atoms with Gasteiger partial charge in [0, 0.05) is 20.1 Å². The van der Waals surface area contributed by atoms with Gasteiger partial charge in [-0.2, -0.15) is 0 Å². The Hall–Kier alpha value is -1.69. The molecular weight excluding hydrogens is 242 g/mol. The van der Waals surface area contributed by atoms with Gasteiger partial charge in [0.25, 0.3) is 0 Å². The number of hydrogen-bond acceptors (Lipinski definition) is 3. The highest BCUT2D eigenvalue weighted by Gasteiger charge is 2.25. The van der Waals surface area contributed by atoms with Gasteiger partial charge in [-0.3, -0.25) is 4.79 Å². The molecule has 6 heteroatoms. The second kappa shape index (κ2) is 4.89. The summed E-state index contributed by atoms with van der Waals surface area (Å²) in [4.78, 5) is 14.4. The molecule has 1 fully saturated rings. The lowest BCUT2D eigenvalue weighted by atomic mass is 10.1. The quantitative estimate of drug-likeness (QED) is 0.848. The molecule has 1 aliphatic rings. The molecule has 0 unspecified atom stereocenters. The van der Waals surface area contributed by atoms with E-state index in [1.165, 1.54) is 9.80 Å². The largest absolute Gasteiger partial charge is 0.392 e. The molecule has 0 saturated carbocycles. The maximum absolute atomic E-state index is 13.8. The van der Waals surface area contributed by atoms with E-state index in [1.807, 2.05) is 0 Å². The van der Waals surface area contributed by atoms with E-state index >= 15 is 0 Å². The molecule has 1 aliphatic heterocycles. The summed E-state index contributed by atoms with van der Waals surface area (Å²) in [6.45, 7) is 0.354. The number of amides is 1. The van der Waals surface area contributed by atoms with Crippen molar-refractivity contribution in [1.82, 2.24) is 4.90 Å². The van der Waals surface area contributed by atoms with Crippen molar-refractivity contribution in [1.29, 1.82) is 0 Å². The normalized spacial score (nSPS) is 16.3. The maximum atomic E-state index is 13.8. The average molecular weight is 256 g/mol. The van der Waals surface area contributed by atoms with Crippen molar-refractivity contribution in [2.45, 2.75) is 6.61 Å². The highest BCUT2D eigenvalue weighted by atomic mass is 19.1. The zero-order valence-electron chi connectivity index (χ0n) is 9.99. The number of rotatable bonds is 2. The lowest BCUT2D eigenvalue weighted by Crippen LogP contribution is -2.49. The van der Waals surface area contributed by atoms with E-state index in [2.05, 4.69) is 0 Å². The molecule has 1 saturated heterocycles. The Morgan fingerprint density at radius 1 is 1.28 bits per heavy atom. The van der Waals surface area contributed by atoms with Crippen LogP contribution in [0.15, 0.2) is 12.1 Å². The minimum atomic E-state index is -0.753. The Balaban J connectivity index is 2.31. The van der Waals surface area contributed by atoms with Gasteiger partial charge in [-0.15, -0.1) is 0 Å². The van der Waals surface area contributed by atoms with Crippen molar-refractivity contribution in [2.24, 2.45) is 0 Å². The minimum Gasteiger partial charge on any atom is -0.392 e. The van der Waals surface area contributed by atoms with E-state index in [0.717, 1.165) is 12.1 Å². The van der Waals surface area contributed by atoms with Crippen LogP contribution in [0.2, 0.25) is 0 Å². The second-order valence-corrected chi connectivity index (χ2v) is 4.30. The monoisotopic (exact) mass is 256 g/mol. The fourth-order valence-corrected chi connectivity index (χ4v) is 1.96. The van der Waals surface area contributed by atoms with Gasteiger partial charge in [0.2, 0.25) is 5.91 Å². The van der Waals surface area contributed by atoms with Crippen molar-refractivity contribution in [3.05, 3.63) is 29.3 Å². The maximum Gasteiger partial charge on any atom is 0.241 e. The number of piperazine rings is 1.